The number of aromatic hydroxyl groups is 1. The molecule has 12 heteroatoms. The molecule has 0 aliphatic carbocycles. The number of phenols is 1. The lowest BCUT2D eigenvalue weighted by molar-refractivity contribution is -0.134. The van der Waals surface area contributed by atoms with Crippen LogP contribution in [-0.2, 0) is 11.2 Å². The normalized spacial score (nSPS) is 19.8. The number of piperidine rings is 3. The number of imidazole rings is 1. The fourth-order valence-corrected chi connectivity index (χ4v) is 7.66. The molecule has 44 heavy (non-hydrogen) atoms. The van der Waals surface area contributed by atoms with E-state index in [1.54, 1.807) is 21.6 Å². The number of carbonyl (C=O) groups is 2. The molecule has 3 N–H and O–H groups in total. The number of urea groups is 1. The summed E-state index contributed by atoms with van der Waals surface area (Å²) in [7, 11) is 0. The maximum Gasteiger partial charge on any atom is 0.326 e. The van der Waals surface area contributed by atoms with E-state index in [2.05, 4.69) is 15.2 Å². The van der Waals surface area contributed by atoms with Crippen molar-refractivity contribution in [2.45, 2.75) is 69.5 Å². The number of nitrogens with zero attached hydrogens (tertiary/aromatic N) is 4. The molecule has 0 unspecified atom stereocenters. The van der Waals surface area contributed by atoms with Crippen molar-refractivity contribution in [2.24, 2.45) is 0 Å². The van der Waals surface area contributed by atoms with Gasteiger partial charge in [0.05, 0.1) is 21.1 Å². The van der Waals surface area contributed by atoms with Crippen molar-refractivity contribution >= 4 is 46.2 Å². The monoisotopic (exact) mass is 642 g/mol. The number of aromatic amines is 1. The number of nitrogens with one attached hydrogen (secondary N) is 2. The van der Waals surface area contributed by atoms with E-state index in [4.69, 9.17) is 23.2 Å². The lowest BCUT2D eigenvalue weighted by Gasteiger charge is -2.41. The van der Waals surface area contributed by atoms with Crippen molar-refractivity contribution in [3.05, 3.63) is 62.5 Å². The Morgan fingerprint density at radius 3 is 2.18 bits per heavy atom. The van der Waals surface area contributed by atoms with Crippen LogP contribution in [-0.4, -0.2) is 92.6 Å². The van der Waals surface area contributed by atoms with Crippen molar-refractivity contribution in [1.82, 2.24) is 29.6 Å². The summed E-state index contributed by atoms with van der Waals surface area (Å²) in [5, 5.41) is 13.3. The first kappa shape index (κ1) is 30.8. The van der Waals surface area contributed by atoms with Gasteiger partial charge in [-0.15, -0.1) is 0 Å². The molecule has 2 aromatic carbocycles. The molecular weight excluding hydrogens is 603 g/mol. The van der Waals surface area contributed by atoms with Crippen LogP contribution in [0.5, 0.6) is 5.75 Å². The van der Waals surface area contributed by atoms with Gasteiger partial charge in [0.2, 0.25) is 5.91 Å². The van der Waals surface area contributed by atoms with Gasteiger partial charge in [-0.05, 0) is 81.4 Å². The van der Waals surface area contributed by atoms with E-state index >= 15 is 0 Å². The molecule has 0 saturated carbocycles. The third-order valence-electron chi connectivity index (χ3n) is 9.54. The Kier molecular flexibility index (Phi) is 9.40. The van der Waals surface area contributed by atoms with Gasteiger partial charge in [0.1, 0.15) is 6.04 Å². The van der Waals surface area contributed by atoms with Crippen LogP contribution in [0.4, 0.5) is 4.79 Å². The zero-order valence-corrected chi connectivity index (χ0v) is 26.3. The number of amides is 3. The van der Waals surface area contributed by atoms with E-state index in [0.29, 0.717) is 50.6 Å². The molecule has 10 nitrogen and oxygen atoms in total. The zero-order valence-electron chi connectivity index (χ0n) is 24.8. The largest absolute Gasteiger partial charge is 0.505 e. The number of para-hydroxylation sites is 2. The average Bonchev–Trinajstić information content (AvgIpc) is 3.39. The lowest BCUT2D eigenvalue weighted by atomic mass is 9.98. The zero-order chi connectivity index (χ0) is 30.8. The van der Waals surface area contributed by atoms with E-state index in [1.807, 2.05) is 29.2 Å². The van der Waals surface area contributed by atoms with Crippen LogP contribution < -0.4 is 11.0 Å². The van der Waals surface area contributed by atoms with Gasteiger partial charge < -0.3 is 30.1 Å². The van der Waals surface area contributed by atoms with Crippen LogP contribution >= 0.6 is 23.2 Å². The quantitative estimate of drug-likeness (QED) is 0.358. The number of hydrogen-bond donors (Lipinski definition) is 3. The molecule has 3 saturated heterocycles. The van der Waals surface area contributed by atoms with E-state index in [9.17, 15) is 19.5 Å². The first-order chi connectivity index (χ1) is 21.3. The molecular formula is C32H40Cl2N6O4. The molecule has 0 bridgehead atoms. The highest BCUT2D eigenvalue weighted by Gasteiger charge is 2.34. The summed E-state index contributed by atoms with van der Waals surface area (Å²) in [6.07, 6.45) is 7.05. The van der Waals surface area contributed by atoms with Gasteiger partial charge in [0.15, 0.2) is 5.75 Å². The van der Waals surface area contributed by atoms with Crippen LogP contribution in [0.15, 0.2) is 41.2 Å². The van der Waals surface area contributed by atoms with E-state index in [1.165, 1.54) is 19.3 Å². The topological polar surface area (TPSA) is 114 Å². The molecule has 0 radical (unpaired) electrons. The van der Waals surface area contributed by atoms with Crippen molar-refractivity contribution in [1.29, 1.82) is 0 Å². The summed E-state index contributed by atoms with van der Waals surface area (Å²) >= 11 is 12.4. The molecule has 3 aromatic rings. The number of phenolic OH excluding ortho intramolecular Hbond substituents is 1. The van der Waals surface area contributed by atoms with Gasteiger partial charge in [-0.3, -0.25) is 9.36 Å². The van der Waals surface area contributed by atoms with Gasteiger partial charge in [-0.1, -0.05) is 41.8 Å². The molecule has 6 rings (SSSR count). The van der Waals surface area contributed by atoms with Crippen LogP contribution in [0.25, 0.3) is 11.0 Å². The van der Waals surface area contributed by atoms with E-state index in [0.717, 1.165) is 37.0 Å². The SMILES string of the molecule is O=C(N[C@H](Cc1cc(Cl)c(O)c(Cl)c1)C(=O)N1CCC(N2CCCCC2)CC1)N1CCC(n2c(=O)[nH]c3ccccc32)CC1. The number of H-pyrrole nitrogens is 1. The molecule has 4 heterocycles. The summed E-state index contributed by atoms with van der Waals surface area (Å²) in [6.45, 7) is 4.47. The lowest BCUT2D eigenvalue weighted by Crippen LogP contribution is -2.56. The Morgan fingerprint density at radius 2 is 1.50 bits per heavy atom. The molecule has 236 valence electrons. The number of fused-ring (bicyclic) bond motifs is 1. The number of likely N-dealkylation sites (tertiary alicyclic amines) is 3. The van der Waals surface area contributed by atoms with Gasteiger partial charge in [-0.25, -0.2) is 9.59 Å². The Bertz CT molecular complexity index is 1530. The van der Waals surface area contributed by atoms with Crippen molar-refractivity contribution in [2.75, 3.05) is 39.3 Å². The van der Waals surface area contributed by atoms with Gasteiger partial charge in [0.25, 0.3) is 0 Å². The minimum Gasteiger partial charge on any atom is -0.505 e. The Balaban J connectivity index is 1.13. The van der Waals surface area contributed by atoms with Crippen LogP contribution in [0, 0.1) is 0 Å². The second-order valence-corrected chi connectivity index (χ2v) is 13.1. The summed E-state index contributed by atoms with van der Waals surface area (Å²) in [5.74, 6) is -0.336. The summed E-state index contributed by atoms with van der Waals surface area (Å²) in [5.41, 5.74) is 2.17. The maximum atomic E-state index is 13.9. The van der Waals surface area contributed by atoms with Crippen molar-refractivity contribution in [3.63, 3.8) is 0 Å². The van der Waals surface area contributed by atoms with Gasteiger partial charge in [0, 0.05) is 44.7 Å². The standard InChI is InChI=1S/C32H40Cl2N6O4/c33-24-18-21(19-25(34)29(24)41)20-27(30(42)38-14-8-22(9-15-38)37-12-4-1-5-13-37)36-31(43)39-16-10-23(11-17-39)40-28-7-3-2-6-26(28)35-32(40)44/h2-3,6-7,18-19,22-23,27,41H,1,4-5,8-17,20H2,(H,35,44)(H,36,43)/t27-/m1/s1. The molecule has 1 atom stereocenters. The van der Waals surface area contributed by atoms with Crippen LogP contribution in [0.2, 0.25) is 10.0 Å². The Labute approximate surface area is 266 Å². The van der Waals surface area contributed by atoms with Gasteiger partial charge >= 0.3 is 11.7 Å². The highest BCUT2D eigenvalue weighted by Crippen LogP contribution is 2.33. The second kappa shape index (κ2) is 13.4. The molecule has 3 aliphatic rings. The molecule has 3 amide bonds. The average molecular weight is 644 g/mol. The summed E-state index contributed by atoms with van der Waals surface area (Å²) < 4.78 is 1.79. The maximum absolute atomic E-state index is 13.9. The van der Waals surface area contributed by atoms with Crippen LogP contribution in [0.3, 0.4) is 0 Å². The number of benzene rings is 2. The molecule has 3 fully saturated rings. The molecule has 0 spiro atoms. The molecule has 1 aromatic heterocycles. The predicted molar refractivity (Wildman–Crippen MR) is 172 cm³/mol. The minimum atomic E-state index is -0.820. The minimum absolute atomic E-state index is 0.0254. The number of halogens is 2. The third kappa shape index (κ3) is 6.57. The summed E-state index contributed by atoms with van der Waals surface area (Å²) in [4.78, 5) is 49.3. The van der Waals surface area contributed by atoms with Crippen molar-refractivity contribution in [3.8, 4) is 5.75 Å². The Hall–Kier alpha value is -3.21. The van der Waals surface area contributed by atoms with Crippen molar-refractivity contribution < 1.29 is 14.7 Å². The van der Waals surface area contributed by atoms with E-state index < -0.39 is 6.04 Å². The number of aromatic nitrogens is 2. The second-order valence-electron chi connectivity index (χ2n) is 12.3. The smallest absolute Gasteiger partial charge is 0.326 e. The highest BCUT2D eigenvalue weighted by atomic mass is 35.5. The first-order valence-electron chi connectivity index (χ1n) is 15.7. The van der Waals surface area contributed by atoms with E-state index in [-0.39, 0.29) is 45.9 Å². The predicted octanol–water partition coefficient (Wildman–Crippen LogP) is 4.78. The first-order valence-corrected chi connectivity index (χ1v) is 16.5. The number of carbonyl (C=O) groups excluding carboxylic acids is 2. The fraction of sp³-hybridized carbons (Fsp3) is 0.531. The van der Waals surface area contributed by atoms with Crippen LogP contribution in [0.1, 0.15) is 56.6 Å². The highest BCUT2D eigenvalue weighted by molar-refractivity contribution is 6.37. The summed E-state index contributed by atoms with van der Waals surface area (Å²) in [6, 6.07) is 10.1. The third-order valence-corrected chi connectivity index (χ3v) is 10.1. The number of rotatable bonds is 6. The fourth-order valence-electron chi connectivity index (χ4n) is 7.13. The number of hydrogen-bond acceptors (Lipinski definition) is 5. The molecule has 3 aliphatic heterocycles. The Morgan fingerprint density at radius 1 is 0.886 bits per heavy atom. The van der Waals surface area contributed by atoms with Gasteiger partial charge in [-0.2, -0.15) is 0 Å².